The molecule has 1 aromatic heterocycles. The molecule has 0 aliphatic heterocycles. The Labute approximate surface area is 135 Å². The number of ketones is 1. The minimum absolute atomic E-state index is 0.110. The van der Waals surface area contributed by atoms with Gasteiger partial charge in [0.05, 0.1) is 19.5 Å². The van der Waals surface area contributed by atoms with Gasteiger partial charge in [-0.05, 0) is 31.5 Å². The number of carbonyl (C=O) groups is 1. The van der Waals surface area contributed by atoms with Crippen LogP contribution in [0.5, 0.6) is 0 Å². The minimum atomic E-state index is -3.86. The zero-order valence-electron chi connectivity index (χ0n) is 13.0. The van der Waals surface area contributed by atoms with Crippen LogP contribution in [0.2, 0.25) is 0 Å². The molecule has 1 atom stereocenters. The maximum atomic E-state index is 12.6. The van der Waals surface area contributed by atoms with Crippen LogP contribution in [-0.4, -0.2) is 19.0 Å². The maximum Gasteiger partial charge on any atom is 0.475 e. The number of phosphoric acid groups is 1. The van der Waals surface area contributed by atoms with Gasteiger partial charge < -0.3 is 4.42 Å². The van der Waals surface area contributed by atoms with Gasteiger partial charge in [0.1, 0.15) is 0 Å². The van der Waals surface area contributed by atoms with Crippen LogP contribution in [0.25, 0.3) is 0 Å². The maximum absolute atomic E-state index is 12.6. The summed E-state index contributed by atoms with van der Waals surface area (Å²) in [5.74, 6) is -0.348. The summed E-state index contributed by atoms with van der Waals surface area (Å²) >= 11 is 0. The Morgan fingerprint density at radius 3 is 2.26 bits per heavy atom. The van der Waals surface area contributed by atoms with Crippen molar-refractivity contribution in [3.8, 4) is 0 Å². The summed E-state index contributed by atoms with van der Waals surface area (Å²) in [7, 11) is -3.86. The van der Waals surface area contributed by atoms with Crippen LogP contribution in [0.15, 0.2) is 53.1 Å². The molecule has 2 rings (SSSR count). The first-order valence-corrected chi connectivity index (χ1v) is 8.76. The molecule has 7 heteroatoms. The van der Waals surface area contributed by atoms with E-state index in [1.165, 1.54) is 12.3 Å². The molecule has 0 aliphatic carbocycles. The largest absolute Gasteiger partial charge is 0.475 e. The lowest BCUT2D eigenvalue weighted by Gasteiger charge is -2.22. The van der Waals surface area contributed by atoms with E-state index in [0.717, 1.165) is 0 Å². The third kappa shape index (κ3) is 4.62. The second-order valence-corrected chi connectivity index (χ2v) is 6.14. The standard InChI is InChI=1S/C16H19O6P/c1-3-20-23(18,21-4-2)22-16(13-9-6-5-7-10-13)15(17)14-11-8-12-19-14/h5-12,16H,3-4H2,1-2H3. The fourth-order valence-electron chi connectivity index (χ4n) is 1.98. The van der Waals surface area contributed by atoms with Gasteiger partial charge in [-0.1, -0.05) is 30.3 Å². The highest BCUT2D eigenvalue weighted by atomic mass is 31.2. The lowest BCUT2D eigenvalue weighted by atomic mass is 10.0. The first kappa shape index (κ1) is 17.6. The highest BCUT2D eigenvalue weighted by Gasteiger charge is 2.36. The smallest absolute Gasteiger partial charge is 0.461 e. The summed E-state index contributed by atoms with van der Waals surface area (Å²) in [6.07, 6.45) is 0.242. The predicted octanol–water partition coefficient (Wildman–Crippen LogP) is 4.40. The summed E-state index contributed by atoms with van der Waals surface area (Å²) in [6, 6.07) is 11.8. The average molecular weight is 338 g/mol. The molecule has 124 valence electrons. The first-order chi connectivity index (χ1) is 11.1. The second kappa shape index (κ2) is 8.22. The van der Waals surface area contributed by atoms with Crippen molar-refractivity contribution >= 4 is 13.6 Å². The molecule has 1 unspecified atom stereocenters. The minimum Gasteiger partial charge on any atom is -0.461 e. The Hall–Kier alpha value is -1.72. The van der Waals surface area contributed by atoms with Gasteiger partial charge >= 0.3 is 7.82 Å². The van der Waals surface area contributed by atoms with Crippen LogP contribution in [0.4, 0.5) is 0 Å². The average Bonchev–Trinajstić information content (AvgIpc) is 3.08. The Kier molecular flexibility index (Phi) is 6.30. The Morgan fingerprint density at radius 1 is 1.09 bits per heavy atom. The number of hydrogen-bond acceptors (Lipinski definition) is 6. The van der Waals surface area contributed by atoms with Crippen LogP contribution in [-0.2, 0) is 18.1 Å². The van der Waals surface area contributed by atoms with Gasteiger partial charge in [0.25, 0.3) is 0 Å². The molecule has 0 saturated carbocycles. The quantitative estimate of drug-likeness (QED) is 0.498. The molecule has 6 nitrogen and oxygen atoms in total. The van der Waals surface area contributed by atoms with E-state index >= 15 is 0 Å². The van der Waals surface area contributed by atoms with E-state index in [2.05, 4.69) is 0 Å². The van der Waals surface area contributed by atoms with E-state index in [-0.39, 0.29) is 19.0 Å². The normalized spacial score (nSPS) is 13.0. The molecule has 1 heterocycles. The van der Waals surface area contributed by atoms with Gasteiger partial charge in [0, 0.05) is 0 Å². The van der Waals surface area contributed by atoms with E-state index < -0.39 is 19.7 Å². The topological polar surface area (TPSA) is 75.0 Å². The molecule has 23 heavy (non-hydrogen) atoms. The zero-order chi connectivity index (χ0) is 16.7. The monoisotopic (exact) mass is 338 g/mol. The Morgan fingerprint density at radius 2 is 1.74 bits per heavy atom. The summed E-state index contributed by atoms with van der Waals surface area (Å²) < 4.78 is 33.5. The van der Waals surface area contributed by atoms with Crippen molar-refractivity contribution in [1.82, 2.24) is 0 Å². The third-order valence-electron chi connectivity index (χ3n) is 2.91. The number of rotatable bonds is 9. The summed E-state index contributed by atoms with van der Waals surface area (Å²) in [4.78, 5) is 12.6. The van der Waals surface area contributed by atoms with Gasteiger partial charge in [-0.25, -0.2) is 4.57 Å². The van der Waals surface area contributed by atoms with Crippen molar-refractivity contribution < 1.29 is 27.3 Å². The van der Waals surface area contributed by atoms with Crippen molar-refractivity contribution in [3.05, 3.63) is 60.1 Å². The molecule has 1 aromatic carbocycles. The van der Waals surface area contributed by atoms with Crippen LogP contribution < -0.4 is 0 Å². The second-order valence-electron chi connectivity index (χ2n) is 4.52. The van der Waals surface area contributed by atoms with Crippen LogP contribution in [0.3, 0.4) is 0 Å². The molecular formula is C16H19O6P. The third-order valence-corrected chi connectivity index (χ3v) is 4.53. The van der Waals surface area contributed by atoms with Crippen LogP contribution in [0, 0.1) is 0 Å². The van der Waals surface area contributed by atoms with E-state index in [9.17, 15) is 9.36 Å². The van der Waals surface area contributed by atoms with Gasteiger partial charge in [0.2, 0.25) is 5.78 Å². The molecule has 2 aromatic rings. The molecule has 0 saturated heterocycles. The van der Waals surface area contributed by atoms with E-state index in [1.54, 1.807) is 44.2 Å². The van der Waals surface area contributed by atoms with Gasteiger partial charge in [-0.15, -0.1) is 0 Å². The number of hydrogen-bond donors (Lipinski definition) is 0. The molecule has 0 bridgehead atoms. The van der Waals surface area contributed by atoms with E-state index in [0.29, 0.717) is 5.56 Å². The Balaban J connectivity index is 2.34. The van der Waals surface area contributed by atoms with E-state index in [4.69, 9.17) is 18.0 Å². The SMILES string of the molecule is CCOP(=O)(OCC)OC(C(=O)c1ccco1)c1ccccc1. The molecule has 0 N–H and O–H groups in total. The lowest BCUT2D eigenvalue weighted by molar-refractivity contribution is 0.0571. The zero-order valence-corrected chi connectivity index (χ0v) is 13.9. The first-order valence-electron chi connectivity index (χ1n) is 7.29. The van der Waals surface area contributed by atoms with Gasteiger partial charge in [0.15, 0.2) is 11.9 Å². The molecule has 0 fully saturated rings. The highest BCUT2D eigenvalue weighted by molar-refractivity contribution is 7.48. The predicted molar refractivity (Wildman–Crippen MR) is 84.2 cm³/mol. The number of furan rings is 1. The van der Waals surface area contributed by atoms with Crippen molar-refractivity contribution in [3.63, 3.8) is 0 Å². The number of Topliss-reactive ketones (excluding diaryl/α,β-unsaturated/α-hetero) is 1. The summed E-state index contributed by atoms with van der Waals surface area (Å²) in [5.41, 5.74) is 0.536. The number of phosphoric ester groups is 1. The van der Waals surface area contributed by atoms with Gasteiger partial charge in [-0.2, -0.15) is 0 Å². The molecule has 0 radical (unpaired) electrons. The van der Waals surface area contributed by atoms with E-state index in [1.807, 2.05) is 6.07 Å². The summed E-state index contributed by atoms with van der Waals surface area (Å²) in [5, 5.41) is 0. The fraction of sp³-hybridized carbons (Fsp3) is 0.312. The molecule has 0 amide bonds. The van der Waals surface area contributed by atoms with Gasteiger partial charge in [-0.3, -0.25) is 18.4 Å². The highest BCUT2D eigenvalue weighted by Crippen LogP contribution is 2.53. The molecule has 0 aliphatic rings. The Bertz CT molecular complexity index is 642. The van der Waals surface area contributed by atoms with Crippen molar-refractivity contribution in [1.29, 1.82) is 0 Å². The fourth-order valence-corrected chi connectivity index (χ4v) is 3.28. The summed E-state index contributed by atoms with van der Waals surface area (Å²) in [6.45, 7) is 3.60. The lowest BCUT2D eigenvalue weighted by Crippen LogP contribution is -2.16. The number of carbonyl (C=O) groups excluding carboxylic acids is 1. The molecular weight excluding hydrogens is 319 g/mol. The van der Waals surface area contributed by atoms with Crippen LogP contribution >= 0.6 is 7.82 Å². The van der Waals surface area contributed by atoms with Crippen molar-refractivity contribution in [2.45, 2.75) is 20.0 Å². The number of benzene rings is 1. The van der Waals surface area contributed by atoms with Crippen LogP contribution in [0.1, 0.15) is 36.1 Å². The van der Waals surface area contributed by atoms with Crippen molar-refractivity contribution in [2.24, 2.45) is 0 Å². The van der Waals surface area contributed by atoms with Crippen molar-refractivity contribution in [2.75, 3.05) is 13.2 Å². The molecule has 0 spiro atoms.